The molecule has 83 heavy (non-hydrogen) atoms. The van der Waals surface area contributed by atoms with Crippen molar-refractivity contribution in [3.05, 3.63) is 171 Å². The van der Waals surface area contributed by atoms with Gasteiger partial charge in [0, 0.05) is 58.7 Å². The molecule has 6 aromatic rings. The van der Waals surface area contributed by atoms with Crippen molar-refractivity contribution in [2.24, 2.45) is 0 Å². The minimum absolute atomic E-state index is 0.0173. The van der Waals surface area contributed by atoms with Gasteiger partial charge in [0.2, 0.25) is 0 Å². The highest BCUT2D eigenvalue weighted by Crippen LogP contribution is 2.30. The summed E-state index contributed by atoms with van der Waals surface area (Å²) in [5.74, 6) is -2.37. The molecule has 0 aliphatic carbocycles. The minimum Gasteiger partial charge on any atom is -0.508 e. The van der Waals surface area contributed by atoms with Gasteiger partial charge in [-0.15, -0.1) is 70.6 Å². The minimum atomic E-state index is -0.941. The maximum Gasteiger partial charge on any atom is 0.313 e. The van der Waals surface area contributed by atoms with Gasteiger partial charge in [0.05, 0.1) is 39.4 Å². The zero-order valence-corrected chi connectivity index (χ0v) is 52.3. The summed E-state index contributed by atoms with van der Waals surface area (Å²) in [4.78, 5) is 66.1. The molecule has 0 saturated heterocycles. The van der Waals surface area contributed by atoms with Crippen molar-refractivity contribution in [2.75, 3.05) is 34.5 Å². The van der Waals surface area contributed by atoms with Crippen LogP contribution in [0.25, 0.3) is 0 Å². The number of hydrogen-bond acceptors (Lipinski definition) is 13. The second-order valence-electron chi connectivity index (χ2n) is 16.3. The number of phenols is 1. The van der Waals surface area contributed by atoms with Gasteiger partial charge in [0.25, 0.3) is 0 Å². The molecular weight excluding hydrogens is 1280 g/mol. The Bertz CT molecular complexity index is 2900. The van der Waals surface area contributed by atoms with E-state index in [1.54, 1.807) is 78.5 Å². The third kappa shape index (κ3) is 42.5. The number of phenolic OH excluding ortho intramolecular Hbond substituents is 1. The largest absolute Gasteiger partial charge is 0.508 e. The second kappa shape index (κ2) is 47.3. The first-order valence-electron chi connectivity index (χ1n) is 24.9. The number of unbranched alkanes of at least 4 members (excludes halogenated alkanes) is 4. The van der Waals surface area contributed by atoms with E-state index in [0.717, 1.165) is 75.0 Å². The van der Waals surface area contributed by atoms with Crippen molar-refractivity contribution >= 4 is 153 Å². The van der Waals surface area contributed by atoms with E-state index in [4.69, 9.17) is 82.1 Å². The molecule has 0 atom stereocenters. The number of halogens is 6. The van der Waals surface area contributed by atoms with E-state index < -0.39 is 35.8 Å². The molecule has 0 aliphatic rings. The second-order valence-corrected chi connectivity index (χ2v) is 24.6. The number of carboxylic acids is 6. The van der Waals surface area contributed by atoms with Gasteiger partial charge in [-0.3, -0.25) is 28.8 Å². The molecule has 0 saturated carbocycles. The predicted molar refractivity (Wildman–Crippen MR) is 337 cm³/mol. The number of thioether (sulfide) groups is 6. The van der Waals surface area contributed by atoms with Gasteiger partial charge < -0.3 is 35.7 Å². The Kier molecular flexibility index (Phi) is 43.4. The van der Waals surface area contributed by atoms with Crippen LogP contribution in [0, 0.1) is 11.6 Å². The smallest absolute Gasteiger partial charge is 0.313 e. The highest BCUT2D eigenvalue weighted by atomic mass is 35.5. The monoisotopic (exact) mass is 1340 g/mol. The molecule has 450 valence electrons. The Balaban J connectivity index is 0.000000500. The molecule has 6 rings (SSSR count). The van der Waals surface area contributed by atoms with E-state index in [0.29, 0.717) is 47.8 Å². The first-order chi connectivity index (χ1) is 39.6. The Labute approximate surface area is 527 Å². The molecule has 7 N–H and O–H groups in total. The first kappa shape index (κ1) is 76.1. The summed E-state index contributed by atoms with van der Waals surface area (Å²) in [6, 6.07) is 39.7. The normalized spacial score (nSPS) is 10.0. The van der Waals surface area contributed by atoms with E-state index in [2.05, 4.69) is 0 Å². The lowest BCUT2D eigenvalue weighted by atomic mass is 10.2. The van der Waals surface area contributed by atoms with Crippen molar-refractivity contribution in [1.82, 2.24) is 0 Å². The predicted octanol–water partition coefficient (Wildman–Crippen LogP) is 17.7. The van der Waals surface area contributed by atoms with Gasteiger partial charge in [-0.25, -0.2) is 8.78 Å². The summed E-state index contributed by atoms with van der Waals surface area (Å²) >= 11 is 31.7. The van der Waals surface area contributed by atoms with Crippen molar-refractivity contribution < 1.29 is 73.3 Å². The standard InChI is InChI=1S/C12H14Cl2O2S.C12H15FO2S.2C9H9ClO2S.C8H7FO2S.C8H8O3S/c13-10-6-5-9(8-11(10)14)17-7-3-1-2-4-12(15)16;13-10-6-3-4-7-11(10)16-9-5-1-2-8-12(14)15;10-7-2-1-3-8(6-7)13-5-4-9(11)12;10-7-3-1-2-4-8(7)13-6-5-9(11)12;9-6-3-1-2-4-7(6)12-5-8(10)11;9-6-2-1-3-7(4-6)12-5-8(10)11/h5-6,8H,1-4,7H2,(H,15,16);3-4,6-7H,1-2,5,8-9H2,(H,14,15);1-3,6H,4-5H2,(H,11,12);1-4H,5-6H2,(H,11,12);1-4H,5H2,(H,10,11);1-4,9H,5H2,(H,10,11). The lowest BCUT2D eigenvalue weighted by Gasteiger charge is -2.03. The molecule has 0 aliphatic heterocycles. The van der Waals surface area contributed by atoms with Crippen LogP contribution in [-0.2, 0) is 28.8 Å². The van der Waals surface area contributed by atoms with Crippen LogP contribution in [0.4, 0.5) is 8.78 Å². The molecule has 25 heteroatoms. The van der Waals surface area contributed by atoms with Crippen molar-refractivity contribution in [3.63, 3.8) is 0 Å². The number of rotatable bonds is 28. The first-order valence-corrected chi connectivity index (χ1v) is 32.3. The highest BCUT2D eigenvalue weighted by molar-refractivity contribution is 8.00. The summed E-state index contributed by atoms with van der Waals surface area (Å²) in [6.07, 6.45) is 6.04. The molecule has 0 unspecified atom stereocenters. The molecule has 0 amide bonds. The third-order valence-electron chi connectivity index (χ3n) is 9.48. The summed E-state index contributed by atoms with van der Waals surface area (Å²) in [7, 11) is 0. The van der Waals surface area contributed by atoms with E-state index >= 15 is 0 Å². The fourth-order valence-corrected chi connectivity index (χ4v) is 11.6. The SMILES string of the molecule is O=C(O)CCCCCSc1ccc(Cl)c(Cl)c1.O=C(O)CCCCCSc1ccccc1F.O=C(O)CCSc1cccc(Cl)c1.O=C(O)CCSc1ccccc1Cl.O=C(O)CSc1cccc(O)c1.O=C(O)CSc1ccccc1F. The van der Waals surface area contributed by atoms with Crippen LogP contribution in [0.15, 0.2) is 169 Å². The molecule has 0 spiro atoms. The molecule has 0 bridgehead atoms. The lowest BCUT2D eigenvalue weighted by Crippen LogP contribution is -1.97. The molecule has 0 heterocycles. The van der Waals surface area contributed by atoms with Gasteiger partial charge >= 0.3 is 35.8 Å². The Hall–Kier alpha value is -4.94. The average Bonchev–Trinajstić information content (AvgIpc) is 3.43. The van der Waals surface area contributed by atoms with Crippen molar-refractivity contribution in [2.45, 2.75) is 93.6 Å². The average molecular weight is 1340 g/mol. The van der Waals surface area contributed by atoms with E-state index in [-0.39, 0.29) is 54.6 Å². The number of benzene rings is 6. The molecule has 13 nitrogen and oxygen atoms in total. The molecule has 0 fully saturated rings. The van der Waals surface area contributed by atoms with Crippen LogP contribution in [0.3, 0.4) is 0 Å². The number of hydrogen-bond donors (Lipinski definition) is 7. The third-order valence-corrected chi connectivity index (χ3v) is 17.2. The van der Waals surface area contributed by atoms with Crippen LogP contribution in [0.2, 0.25) is 20.1 Å². The van der Waals surface area contributed by atoms with E-state index in [9.17, 15) is 37.5 Å². The number of aliphatic carboxylic acids is 6. The summed E-state index contributed by atoms with van der Waals surface area (Å²) in [5, 5.41) is 61.9. The van der Waals surface area contributed by atoms with Gasteiger partial charge in [0.1, 0.15) is 17.4 Å². The molecular formula is C58H62Cl4F2O13S6. The van der Waals surface area contributed by atoms with Crippen molar-refractivity contribution in [1.29, 1.82) is 0 Å². The van der Waals surface area contributed by atoms with Gasteiger partial charge in [-0.1, -0.05) is 108 Å². The van der Waals surface area contributed by atoms with E-state index in [1.165, 1.54) is 65.2 Å². The Morgan fingerprint density at radius 3 is 1.28 bits per heavy atom. The van der Waals surface area contributed by atoms with Gasteiger partial charge in [-0.05, 0) is 128 Å². The highest BCUT2D eigenvalue weighted by Gasteiger charge is 2.07. The van der Waals surface area contributed by atoms with Gasteiger partial charge in [0.15, 0.2) is 0 Å². The Morgan fingerprint density at radius 1 is 0.349 bits per heavy atom. The van der Waals surface area contributed by atoms with Gasteiger partial charge in [-0.2, -0.15) is 0 Å². The van der Waals surface area contributed by atoms with Crippen LogP contribution in [0.1, 0.15) is 64.2 Å². The fourth-order valence-electron chi connectivity index (χ4n) is 5.65. The number of carbonyl (C=O) groups is 6. The number of aromatic hydroxyl groups is 1. The zero-order valence-electron chi connectivity index (χ0n) is 44.4. The molecule has 0 radical (unpaired) electrons. The van der Waals surface area contributed by atoms with E-state index in [1.807, 2.05) is 54.6 Å². The maximum absolute atomic E-state index is 13.2. The van der Waals surface area contributed by atoms with Crippen molar-refractivity contribution in [3.8, 4) is 5.75 Å². The van der Waals surface area contributed by atoms with Crippen LogP contribution < -0.4 is 0 Å². The molecule has 6 aromatic carbocycles. The molecule has 0 aromatic heterocycles. The quantitative estimate of drug-likeness (QED) is 0.0178. The summed E-state index contributed by atoms with van der Waals surface area (Å²) in [6.45, 7) is 0. The maximum atomic E-state index is 13.2. The fraction of sp³-hybridized carbons (Fsp3) is 0.276. The van der Waals surface area contributed by atoms with Crippen LogP contribution >= 0.6 is 117 Å². The summed E-state index contributed by atoms with van der Waals surface area (Å²) in [5.41, 5.74) is 0. The van der Waals surface area contributed by atoms with Crippen LogP contribution in [-0.4, -0.2) is 106 Å². The number of carboxylic acid groups (broad SMARTS) is 6. The topological polar surface area (TPSA) is 244 Å². The zero-order chi connectivity index (χ0) is 61.8. The summed E-state index contributed by atoms with van der Waals surface area (Å²) < 4.78 is 26.0. The lowest BCUT2D eigenvalue weighted by molar-refractivity contribution is -0.138. The Morgan fingerprint density at radius 2 is 0.783 bits per heavy atom. The van der Waals surface area contributed by atoms with Crippen LogP contribution in [0.5, 0.6) is 5.75 Å².